The van der Waals surface area contributed by atoms with Crippen molar-refractivity contribution in [1.29, 1.82) is 0 Å². The van der Waals surface area contributed by atoms with Gasteiger partial charge in [-0.05, 0) is 24.7 Å². The lowest BCUT2D eigenvalue weighted by Crippen LogP contribution is -2.18. The van der Waals surface area contributed by atoms with E-state index in [0.29, 0.717) is 60.2 Å². The number of amides is 1. The molecule has 3 aromatic carbocycles. The standard InChI is InChI=1S/C32H35N5O6/c1-34-15-16-41-17-18-42-19-20-43-27-10-6-5-9-25(27)37-32(40)28-31(33)35-21-26(36-28)22-11-13-24(14-12-22)30(39)29(38)23-7-3-2-4-8-23/h2-14,21,30,34,39H,15-20H2,1H3,(H2,33,35)(H,37,40). The van der Waals surface area contributed by atoms with Crippen molar-refractivity contribution in [2.24, 2.45) is 0 Å². The van der Waals surface area contributed by atoms with E-state index in [4.69, 9.17) is 19.9 Å². The van der Waals surface area contributed by atoms with Gasteiger partial charge in [0, 0.05) is 17.7 Å². The maximum absolute atomic E-state index is 13.2. The zero-order valence-corrected chi connectivity index (χ0v) is 23.9. The molecule has 0 bridgehead atoms. The number of nitrogens with two attached hydrogens (primary N) is 1. The minimum atomic E-state index is -1.31. The predicted octanol–water partition coefficient (Wildman–Crippen LogP) is 3.53. The van der Waals surface area contributed by atoms with Crippen LogP contribution >= 0.6 is 0 Å². The third kappa shape index (κ3) is 8.90. The van der Waals surface area contributed by atoms with Gasteiger partial charge in [-0.2, -0.15) is 0 Å². The Morgan fingerprint density at radius 2 is 1.56 bits per heavy atom. The van der Waals surface area contributed by atoms with Gasteiger partial charge in [-0.3, -0.25) is 9.59 Å². The predicted molar refractivity (Wildman–Crippen MR) is 163 cm³/mol. The first-order chi connectivity index (χ1) is 21.0. The van der Waals surface area contributed by atoms with Crippen molar-refractivity contribution < 1.29 is 28.9 Å². The summed E-state index contributed by atoms with van der Waals surface area (Å²) in [6, 6.07) is 22.2. The fraction of sp³-hybridized carbons (Fsp3) is 0.250. The van der Waals surface area contributed by atoms with Crippen LogP contribution in [-0.2, 0) is 9.47 Å². The highest BCUT2D eigenvalue weighted by atomic mass is 16.5. The van der Waals surface area contributed by atoms with Crippen LogP contribution in [0.3, 0.4) is 0 Å². The Kier molecular flexibility index (Phi) is 11.7. The minimum absolute atomic E-state index is 0.0366. The average Bonchev–Trinajstić information content (AvgIpc) is 3.04. The van der Waals surface area contributed by atoms with Gasteiger partial charge in [-0.15, -0.1) is 0 Å². The van der Waals surface area contributed by atoms with Crippen molar-refractivity contribution in [1.82, 2.24) is 15.3 Å². The molecule has 0 radical (unpaired) electrons. The zero-order valence-electron chi connectivity index (χ0n) is 23.9. The van der Waals surface area contributed by atoms with Crippen molar-refractivity contribution in [3.63, 3.8) is 0 Å². The van der Waals surface area contributed by atoms with E-state index >= 15 is 0 Å². The van der Waals surface area contributed by atoms with Crippen molar-refractivity contribution >= 4 is 23.2 Å². The molecule has 1 atom stereocenters. The molecule has 0 aliphatic heterocycles. The Balaban J connectivity index is 1.37. The molecule has 0 aliphatic rings. The lowest BCUT2D eigenvalue weighted by atomic mass is 9.98. The van der Waals surface area contributed by atoms with E-state index in [1.807, 2.05) is 7.05 Å². The van der Waals surface area contributed by atoms with E-state index < -0.39 is 17.8 Å². The minimum Gasteiger partial charge on any atom is -0.489 e. The van der Waals surface area contributed by atoms with Gasteiger partial charge in [0.2, 0.25) is 0 Å². The van der Waals surface area contributed by atoms with Gasteiger partial charge in [0.1, 0.15) is 18.5 Å². The fourth-order valence-electron chi connectivity index (χ4n) is 4.04. The van der Waals surface area contributed by atoms with Crippen LogP contribution in [0.2, 0.25) is 0 Å². The first kappa shape index (κ1) is 31.3. The molecule has 1 aromatic heterocycles. The van der Waals surface area contributed by atoms with Crippen LogP contribution in [-0.4, -0.2) is 73.4 Å². The molecule has 224 valence electrons. The SMILES string of the molecule is CNCCOCCOCCOc1ccccc1NC(=O)c1nc(-c2ccc(C(O)C(=O)c3ccccc3)cc2)cnc1N. The first-order valence-electron chi connectivity index (χ1n) is 13.8. The van der Waals surface area contributed by atoms with Crippen LogP contribution < -0.4 is 21.1 Å². The zero-order chi connectivity index (χ0) is 30.4. The second kappa shape index (κ2) is 16.1. The number of carbonyl (C=O) groups excluding carboxylic acids is 2. The lowest BCUT2D eigenvalue weighted by Gasteiger charge is -2.14. The quantitative estimate of drug-likeness (QED) is 0.113. The van der Waals surface area contributed by atoms with E-state index in [0.717, 1.165) is 6.54 Å². The number of Topliss-reactive ketones (excluding diaryl/α,β-unsaturated/α-hetero) is 1. The lowest BCUT2D eigenvalue weighted by molar-refractivity contribution is 0.0377. The van der Waals surface area contributed by atoms with E-state index in [9.17, 15) is 14.7 Å². The number of likely N-dealkylation sites (N-methyl/N-ethyl adjacent to an activating group) is 1. The van der Waals surface area contributed by atoms with Gasteiger partial charge in [-0.25, -0.2) is 9.97 Å². The molecule has 0 saturated carbocycles. The van der Waals surface area contributed by atoms with Crippen LogP contribution in [0.4, 0.5) is 11.5 Å². The molecule has 43 heavy (non-hydrogen) atoms. The molecule has 1 amide bonds. The molecule has 0 fully saturated rings. The van der Waals surface area contributed by atoms with Gasteiger partial charge in [0.05, 0.1) is 44.0 Å². The molecular weight excluding hydrogens is 550 g/mol. The smallest absolute Gasteiger partial charge is 0.278 e. The molecule has 0 saturated heterocycles. The number of nitrogen functional groups attached to an aromatic ring is 1. The second-order valence-electron chi connectivity index (χ2n) is 9.37. The Labute approximate surface area is 250 Å². The number of carbonyl (C=O) groups is 2. The maximum atomic E-state index is 13.2. The van der Waals surface area contributed by atoms with Crippen LogP contribution in [0.5, 0.6) is 5.75 Å². The molecule has 4 rings (SSSR count). The summed E-state index contributed by atoms with van der Waals surface area (Å²) in [5.41, 5.74) is 8.26. The summed E-state index contributed by atoms with van der Waals surface area (Å²) in [7, 11) is 1.86. The number of aliphatic hydroxyl groups is 1. The third-order valence-corrected chi connectivity index (χ3v) is 6.33. The number of rotatable bonds is 16. The highest BCUT2D eigenvalue weighted by Crippen LogP contribution is 2.26. The Morgan fingerprint density at radius 3 is 2.30 bits per heavy atom. The summed E-state index contributed by atoms with van der Waals surface area (Å²) in [4.78, 5) is 34.4. The summed E-state index contributed by atoms with van der Waals surface area (Å²) >= 11 is 0. The summed E-state index contributed by atoms with van der Waals surface area (Å²) in [5.74, 6) is -0.530. The Morgan fingerprint density at radius 1 is 0.884 bits per heavy atom. The monoisotopic (exact) mass is 585 g/mol. The van der Waals surface area contributed by atoms with Gasteiger partial charge in [0.15, 0.2) is 17.3 Å². The summed E-state index contributed by atoms with van der Waals surface area (Å²) in [5, 5.41) is 16.4. The topological polar surface area (TPSA) is 158 Å². The first-order valence-corrected chi connectivity index (χ1v) is 13.8. The summed E-state index contributed by atoms with van der Waals surface area (Å²) in [6.07, 6.45) is 0.140. The number of hydrogen-bond acceptors (Lipinski definition) is 10. The fourth-order valence-corrected chi connectivity index (χ4v) is 4.04. The number of anilines is 2. The van der Waals surface area contributed by atoms with Crippen molar-refractivity contribution in [2.75, 3.05) is 57.7 Å². The number of benzene rings is 3. The number of nitrogens with one attached hydrogen (secondary N) is 2. The van der Waals surface area contributed by atoms with Crippen LogP contribution in [0.25, 0.3) is 11.3 Å². The molecule has 11 nitrogen and oxygen atoms in total. The number of nitrogens with zero attached hydrogens (tertiary/aromatic N) is 2. The number of aliphatic hydroxyl groups excluding tert-OH is 1. The largest absolute Gasteiger partial charge is 0.489 e. The number of ether oxygens (including phenoxy) is 3. The molecule has 1 unspecified atom stereocenters. The molecule has 0 spiro atoms. The van der Waals surface area contributed by atoms with E-state index in [1.54, 1.807) is 78.9 Å². The number of ketones is 1. The Hall–Kier alpha value is -4.68. The number of aromatic nitrogens is 2. The molecule has 11 heteroatoms. The molecule has 4 aromatic rings. The normalized spacial score (nSPS) is 11.6. The van der Waals surface area contributed by atoms with Gasteiger partial charge in [-0.1, -0.05) is 66.7 Å². The molecular formula is C32H35N5O6. The van der Waals surface area contributed by atoms with Crippen molar-refractivity contribution in [3.05, 3.63) is 102 Å². The van der Waals surface area contributed by atoms with Crippen LogP contribution in [0.15, 0.2) is 85.1 Å². The highest BCUT2D eigenvalue weighted by Gasteiger charge is 2.20. The van der Waals surface area contributed by atoms with Crippen molar-refractivity contribution in [2.45, 2.75) is 6.10 Å². The van der Waals surface area contributed by atoms with Crippen LogP contribution in [0.1, 0.15) is 32.5 Å². The molecule has 1 heterocycles. The van der Waals surface area contributed by atoms with Crippen LogP contribution in [0, 0.1) is 0 Å². The van der Waals surface area contributed by atoms with E-state index in [-0.39, 0.29) is 18.1 Å². The number of para-hydroxylation sites is 2. The number of hydrogen-bond donors (Lipinski definition) is 4. The van der Waals surface area contributed by atoms with E-state index in [2.05, 4.69) is 20.6 Å². The van der Waals surface area contributed by atoms with Gasteiger partial charge < -0.3 is 35.7 Å². The Bertz CT molecular complexity index is 1480. The highest BCUT2D eigenvalue weighted by molar-refractivity contribution is 6.06. The second-order valence-corrected chi connectivity index (χ2v) is 9.37. The van der Waals surface area contributed by atoms with Gasteiger partial charge >= 0.3 is 0 Å². The maximum Gasteiger partial charge on any atom is 0.278 e. The van der Waals surface area contributed by atoms with Gasteiger partial charge in [0.25, 0.3) is 5.91 Å². The van der Waals surface area contributed by atoms with Crippen molar-refractivity contribution in [3.8, 4) is 17.0 Å². The molecule has 5 N–H and O–H groups in total. The summed E-state index contributed by atoms with van der Waals surface area (Å²) in [6.45, 7) is 2.99. The average molecular weight is 586 g/mol. The molecule has 0 aliphatic carbocycles. The third-order valence-electron chi connectivity index (χ3n) is 6.33. The summed E-state index contributed by atoms with van der Waals surface area (Å²) < 4.78 is 16.8. The van der Waals surface area contributed by atoms with E-state index in [1.165, 1.54) is 6.20 Å².